The summed E-state index contributed by atoms with van der Waals surface area (Å²) in [7, 11) is 0. The normalized spacial score (nSPS) is 14.0. The Morgan fingerprint density at radius 2 is 1.90 bits per heavy atom. The largest absolute Gasteiger partial charge is 0.370 e. The molecule has 4 rings (SSSR count). The van der Waals surface area contributed by atoms with Crippen LogP contribution < -0.4 is 10.2 Å². The third-order valence-electron chi connectivity index (χ3n) is 5.00. The number of benzene rings is 2. The molecular formula is C22H23ClN4O2. The van der Waals surface area contributed by atoms with E-state index >= 15 is 0 Å². The molecule has 2 heterocycles. The van der Waals surface area contributed by atoms with Gasteiger partial charge in [-0.1, -0.05) is 47.1 Å². The van der Waals surface area contributed by atoms with Gasteiger partial charge in [0.1, 0.15) is 0 Å². The molecule has 0 atom stereocenters. The number of amides is 1. The van der Waals surface area contributed by atoms with E-state index in [0.717, 1.165) is 42.9 Å². The highest BCUT2D eigenvalue weighted by atomic mass is 35.5. The van der Waals surface area contributed by atoms with Crippen LogP contribution >= 0.6 is 11.6 Å². The summed E-state index contributed by atoms with van der Waals surface area (Å²) in [6.07, 6.45) is 4.21. The van der Waals surface area contributed by atoms with E-state index in [9.17, 15) is 4.79 Å². The van der Waals surface area contributed by atoms with Crippen LogP contribution in [-0.2, 0) is 11.2 Å². The van der Waals surface area contributed by atoms with Crippen LogP contribution in [-0.4, -0.2) is 29.1 Å². The highest BCUT2D eigenvalue weighted by molar-refractivity contribution is 6.31. The Labute approximate surface area is 174 Å². The van der Waals surface area contributed by atoms with Crippen molar-refractivity contribution < 1.29 is 9.32 Å². The number of aryl methyl sites for hydroxylation is 1. The number of carbonyl (C=O) groups is 1. The van der Waals surface area contributed by atoms with E-state index in [1.165, 1.54) is 6.42 Å². The van der Waals surface area contributed by atoms with Crippen LogP contribution in [0, 0.1) is 0 Å². The van der Waals surface area contributed by atoms with Gasteiger partial charge in [-0.05, 0) is 37.5 Å². The Balaban J connectivity index is 1.39. The molecule has 0 spiro atoms. The molecule has 150 valence electrons. The number of nitrogens with zero attached hydrogens (tertiary/aromatic N) is 3. The quantitative estimate of drug-likeness (QED) is 0.622. The number of rotatable bonds is 6. The lowest BCUT2D eigenvalue weighted by atomic mass is 10.1. The van der Waals surface area contributed by atoms with Gasteiger partial charge >= 0.3 is 0 Å². The molecule has 0 unspecified atom stereocenters. The highest BCUT2D eigenvalue weighted by Gasteiger charge is 2.17. The fourth-order valence-corrected chi connectivity index (χ4v) is 3.69. The summed E-state index contributed by atoms with van der Waals surface area (Å²) in [4.78, 5) is 19.2. The number of anilines is 2. The number of nitrogens with one attached hydrogen (secondary N) is 1. The zero-order chi connectivity index (χ0) is 20.1. The minimum absolute atomic E-state index is 0.106. The zero-order valence-corrected chi connectivity index (χ0v) is 16.9. The summed E-state index contributed by atoms with van der Waals surface area (Å²) < 4.78 is 5.29. The summed E-state index contributed by atoms with van der Waals surface area (Å²) in [6, 6.07) is 15.3. The van der Waals surface area contributed by atoms with Gasteiger partial charge in [0.05, 0.1) is 11.4 Å². The second-order valence-electron chi connectivity index (χ2n) is 7.14. The smallest absolute Gasteiger partial charge is 0.227 e. The van der Waals surface area contributed by atoms with E-state index in [4.69, 9.17) is 16.1 Å². The minimum Gasteiger partial charge on any atom is -0.370 e. The topological polar surface area (TPSA) is 71.3 Å². The fraction of sp³-hybridized carbons (Fsp3) is 0.318. The molecule has 1 saturated heterocycles. The number of carbonyl (C=O) groups excluding carboxylic acids is 1. The van der Waals surface area contributed by atoms with E-state index in [0.29, 0.717) is 23.2 Å². The van der Waals surface area contributed by atoms with Gasteiger partial charge in [-0.2, -0.15) is 4.98 Å². The predicted octanol–water partition coefficient (Wildman–Crippen LogP) is 4.95. The van der Waals surface area contributed by atoms with Gasteiger partial charge in [-0.15, -0.1) is 0 Å². The van der Waals surface area contributed by atoms with Crippen molar-refractivity contribution in [2.24, 2.45) is 0 Å². The lowest BCUT2D eigenvalue weighted by Crippen LogP contribution is -2.30. The van der Waals surface area contributed by atoms with Crippen molar-refractivity contribution in [2.75, 3.05) is 23.3 Å². The molecule has 1 N–H and O–H groups in total. The third-order valence-corrected chi connectivity index (χ3v) is 5.23. The molecule has 7 heteroatoms. The highest BCUT2D eigenvalue weighted by Crippen LogP contribution is 2.31. The molecule has 0 radical (unpaired) electrons. The van der Waals surface area contributed by atoms with E-state index in [2.05, 4.69) is 20.4 Å². The Morgan fingerprint density at radius 3 is 2.69 bits per heavy atom. The average Bonchev–Trinajstić information content (AvgIpc) is 3.23. The molecule has 2 aromatic carbocycles. The van der Waals surface area contributed by atoms with Crippen LogP contribution in [0.15, 0.2) is 53.1 Å². The molecule has 0 bridgehead atoms. The first-order valence-electron chi connectivity index (χ1n) is 9.91. The minimum atomic E-state index is -0.106. The van der Waals surface area contributed by atoms with E-state index < -0.39 is 0 Å². The molecule has 1 fully saturated rings. The molecule has 0 aliphatic carbocycles. The van der Waals surface area contributed by atoms with Crippen LogP contribution in [0.25, 0.3) is 11.4 Å². The summed E-state index contributed by atoms with van der Waals surface area (Å²) in [5.74, 6) is 0.870. The maximum atomic E-state index is 12.5. The molecule has 1 aliphatic heterocycles. The van der Waals surface area contributed by atoms with Crippen molar-refractivity contribution in [1.82, 2.24) is 10.1 Å². The van der Waals surface area contributed by atoms with E-state index in [-0.39, 0.29) is 12.3 Å². The third kappa shape index (κ3) is 4.95. The standard InChI is InChI=1S/C22H23ClN4O2/c23-17-9-10-19(27-13-5-2-6-14-27)18(15-17)24-20(28)11-12-21-25-22(26-29-21)16-7-3-1-4-8-16/h1,3-4,7-10,15H,2,5-6,11-14H2,(H,24,28). The molecule has 1 amide bonds. The van der Waals surface area contributed by atoms with Crippen molar-refractivity contribution in [2.45, 2.75) is 32.1 Å². The molecular weight excluding hydrogens is 388 g/mol. The molecule has 6 nitrogen and oxygen atoms in total. The van der Waals surface area contributed by atoms with E-state index in [1.54, 1.807) is 0 Å². The van der Waals surface area contributed by atoms with Crippen LogP contribution in [0.3, 0.4) is 0 Å². The first kappa shape index (κ1) is 19.5. The van der Waals surface area contributed by atoms with Gasteiger partial charge in [-0.25, -0.2) is 0 Å². The van der Waals surface area contributed by atoms with Gasteiger partial charge in [0, 0.05) is 36.5 Å². The number of piperidine rings is 1. The van der Waals surface area contributed by atoms with Crippen molar-refractivity contribution in [1.29, 1.82) is 0 Å². The Bertz CT molecular complexity index is 968. The summed E-state index contributed by atoms with van der Waals surface area (Å²) in [5, 5.41) is 7.60. The Kier molecular flexibility index (Phi) is 6.10. The Morgan fingerprint density at radius 1 is 1.10 bits per heavy atom. The molecule has 1 aliphatic rings. The monoisotopic (exact) mass is 410 g/mol. The van der Waals surface area contributed by atoms with Gasteiger partial charge in [0.15, 0.2) is 0 Å². The number of hydrogen-bond donors (Lipinski definition) is 1. The van der Waals surface area contributed by atoms with Gasteiger partial charge in [-0.3, -0.25) is 4.79 Å². The summed E-state index contributed by atoms with van der Waals surface area (Å²) >= 11 is 6.17. The number of aromatic nitrogens is 2. The lowest BCUT2D eigenvalue weighted by molar-refractivity contribution is -0.116. The predicted molar refractivity (Wildman–Crippen MR) is 114 cm³/mol. The SMILES string of the molecule is O=C(CCc1nc(-c2ccccc2)no1)Nc1cc(Cl)ccc1N1CCCCC1. The molecule has 3 aromatic rings. The fourth-order valence-electron chi connectivity index (χ4n) is 3.51. The van der Waals surface area contributed by atoms with Gasteiger partial charge < -0.3 is 14.7 Å². The summed E-state index contributed by atoms with van der Waals surface area (Å²) in [5.41, 5.74) is 2.66. The van der Waals surface area contributed by atoms with Crippen molar-refractivity contribution in [3.05, 3.63) is 59.4 Å². The number of halogens is 1. The van der Waals surface area contributed by atoms with Crippen LogP contribution in [0.1, 0.15) is 31.6 Å². The van der Waals surface area contributed by atoms with Gasteiger partial charge in [0.2, 0.25) is 17.6 Å². The van der Waals surface area contributed by atoms with Crippen LogP contribution in [0.2, 0.25) is 5.02 Å². The van der Waals surface area contributed by atoms with Crippen molar-refractivity contribution >= 4 is 28.9 Å². The van der Waals surface area contributed by atoms with Crippen molar-refractivity contribution in [3.8, 4) is 11.4 Å². The maximum Gasteiger partial charge on any atom is 0.227 e. The molecule has 29 heavy (non-hydrogen) atoms. The lowest BCUT2D eigenvalue weighted by Gasteiger charge is -2.30. The zero-order valence-electron chi connectivity index (χ0n) is 16.1. The van der Waals surface area contributed by atoms with Gasteiger partial charge in [0.25, 0.3) is 0 Å². The van der Waals surface area contributed by atoms with Crippen LogP contribution in [0.4, 0.5) is 11.4 Å². The maximum absolute atomic E-state index is 12.5. The first-order chi connectivity index (χ1) is 14.2. The second-order valence-corrected chi connectivity index (χ2v) is 7.57. The van der Waals surface area contributed by atoms with Crippen LogP contribution in [0.5, 0.6) is 0 Å². The summed E-state index contributed by atoms with van der Waals surface area (Å²) in [6.45, 7) is 1.99. The van der Waals surface area contributed by atoms with Crippen molar-refractivity contribution in [3.63, 3.8) is 0 Å². The number of hydrogen-bond acceptors (Lipinski definition) is 5. The van der Waals surface area contributed by atoms with E-state index in [1.807, 2.05) is 48.5 Å². The average molecular weight is 411 g/mol. The first-order valence-corrected chi connectivity index (χ1v) is 10.3. The molecule has 0 saturated carbocycles. The molecule has 1 aromatic heterocycles. The second kappa shape index (κ2) is 9.09. The Hall–Kier alpha value is -2.86.